The van der Waals surface area contributed by atoms with Crippen LogP contribution in [0, 0.1) is 0 Å². The molecule has 0 saturated carbocycles. The number of H-pyrrole nitrogens is 1. The molecular formula is C22H24ClN7O4S. The Morgan fingerprint density at radius 1 is 1.31 bits per heavy atom. The zero-order chi connectivity index (χ0) is 24.5. The van der Waals surface area contributed by atoms with E-state index < -0.39 is 5.76 Å². The first-order valence-corrected chi connectivity index (χ1v) is 12.4. The molecule has 1 fully saturated rings. The molecule has 1 aliphatic heterocycles. The van der Waals surface area contributed by atoms with Gasteiger partial charge >= 0.3 is 5.76 Å². The zero-order valence-electron chi connectivity index (χ0n) is 19.2. The number of rotatable bonds is 7. The SMILES string of the molecule is CC(C)N1CCC(NC(=O)c2cc(-c3n[nH]c(=O)o3)nn2Cc2cc(-c3ccc(Cl)s3)on2)CC1. The molecule has 1 saturated heterocycles. The summed E-state index contributed by atoms with van der Waals surface area (Å²) in [5, 5.41) is 17.7. The molecule has 4 aromatic rings. The van der Waals surface area contributed by atoms with Crippen molar-refractivity contribution in [2.24, 2.45) is 0 Å². The second-order valence-electron chi connectivity index (χ2n) is 8.65. The van der Waals surface area contributed by atoms with Crippen LogP contribution in [0.4, 0.5) is 0 Å². The number of likely N-dealkylation sites (tertiary alicyclic amines) is 1. The number of piperidine rings is 1. The molecule has 0 aliphatic carbocycles. The lowest BCUT2D eigenvalue weighted by Crippen LogP contribution is -2.46. The normalized spacial score (nSPS) is 15.2. The number of nitrogens with zero attached hydrogens (tertiary/aromatic N) is 5. The van der Waals surface area contributed by atoms with Crippen LogP contribution in [0.25, 0.3) is 22.2 Å². The minimum Gasteiger partial charge on any atom is -0.386 e. The summed E-state index contributed by atoms with van der Waals surface area (Å²) < 4.78 is 12.6. The lowest BCUT2D eigenvalue weighted by molar-refractivity contribution is 0.0890. The largest absolute Gasteiger partial charge is 0.434 e. The standard InChI is InChI=1S/C22H24ClN7O4S/c1-12(2)29-7-5-13(6-8-29)24-20(31)16-10-15(21-25-26-22(32)33-21)27-30(16)11-14-9-17(34-28-14)18-3-4-19(23)35-18/h3-4,9-10,12-13H,5-8,11H2,1-2H3,(H,24,31)(H,26,32). The Labute approximate surface area is 209 Å². The van der Waals surface area contributed by atoms with E-state index >= 15 is 0 Å². The number of aromatic amines is 1. The highest BCUT2D eigenvalue weighted by molar-refractivity contribution is 7.19. The number of carbonyl (C=O) groups excluding carboxylic acids is 1. The van der Waals surface area contributed by atoms with Gasteiger partial charge in [0.2, 0.25) is 0 Å². The van der Waals surface area contributed by atoms with Crippen molar-refractivity contribution in [2.45, 2.75) is 45.3 Å². The van der Waals surface area contributed by atoms with Crippen molar-refractivity contribution < 1.29 is 13.7 Å². The van der Waals surface area contributed by atoms with Gasteiger partial charge in [0.25, 0.3) is 11.8 Å². The monoisotopic (exact) mass is 517 g/mol. The van der Waals surface area contributed by atoms with E-state index in [1.807, 2.05) is 6.07 Å². The van der Waals surface area contributed by atoms with Crippen molar-refractivity contribution in [2.75, 3.05) is 13.1 Å². The molecule has 5 heterocycles. The molecule has 0 radical (unpaired) electrons. The Balaban J connectivity index is 1.37. The second-order valence-corrected chi connectivity index (χ2v) is 10.4. The molecule has 13 heteroatoms. The third-order valence-electron chi connectivity index (χ3n) is 5.95. The maximum Gasteiger partial charge on any atom is 0.434 e. The van der Waals surface area contributed by atoms with Crippen LogP contribution in [-0.4, -0.2) is 61.1 Å². The van der Waals surface area contributed by atoms with Crippen LogP contribution in [0.1, 0.15) is 42.9 Å². The number of amides is 1. The summed E-state index contributed by atoms with van der Waals surface area (Å²) in [6.45, 7) is 6.38. The fourth-order valence-electron chi connectivity index (χ4n) is 4.09. The average Bonchev–Trinajstić information content (AvgIpc) is 3.62. The van der Waals surface area contributed by atoms with Gasteiger partial charge in [0.15, 0.2) is 11.5 Å². The lowest BCUT2D eigenvalue weighted by Gasteiger charge is -2.34. The molecule has 4 aromatic heterocycles. The number of hydrogen-bond donors (Lipinski definition) is 2. The first-order valence-electron chi connectivity index (χ1n) is 11.3. The molecule has 11 nitrogen and oxygen atoms in total. The summed E-state index contributed by atoms with van der Waals surface area (Å²) in [6, 6.07) is 7.52. The van der Waals surface area contributed by atoms with Crippen LogP contribution in [-0.2, 0) is 6.54 Å². The van der Waals surface area contributed by atoms with Gasteiger partial charge in [-0.25, -0.2) is 9.89 Å². The maximum atomic E-state index is 13.3. The van der Waals surface area contributed by atoms with E-state index in [2.05, 4.69) is 44.5 Å². The molecule has 2 N–H and O–H groups in total. The third kappa shape index (κ3) is 5.24. The van der Waals surface area contributed by atoms with Crippen molar-refractivity contribution in [1.82, 2.24) is 35.4 Å². The molecule has 1 aliphatic rings. The van der Waals surface area contributed by atoms with Crippen LogP contribution >= 0.6 is 22.9 Å². The van der Waals surface area contributed by atoms with E-state index in [-0.39, 0.29) is 30.1 Å². The number of halogens is 1. The quantitative estimate of drug-likeness (QED) is 0.381. The zero-order valence-corrected chi connectivity index (χ0v) is 20.7. The highest BCUT2D eigenvalue weighted by atomic mass is 35.5. The Bertz CT molecular complexity index is 1380. The van der Waals surface area contributed by atoms with Gasteiger partial charge in [-0.1, -0.05) is 16.8 Å². The third-order valence-corrected chi connectivity index (χ3v) is 7.20. The summed E-state index contributed by atoms with van der Waals surface area (Å²) in [5.74, 6) is -0.390. The number of carbonyl (C=O) groups is 1. The molecule has 0 spiro atoms. The molecule has 0 unspecified atom stereocenters. The van der Waals surface area contributed by atoms with Crippen molar-refractivity contribution >= 4 is 28.8 Å². The summed E-state index contributed by atoms with van der Waals surface area (Å²) in [5.41, 5.74) is 1.14. The van der Waals surface area contributed by atoms with Gasteiger partial charge in [-0.15, -0.1) is 16.4 Å². The number of aromatic nitrogens is 5. The molecule has 35 heavy (non-hydrogen) atoms. The van der Waals surface area contributed by atoms with Crippen molar-refractivity contribution in [3.05, 3.63) is 50.5 Å². The van der Waals surface area contributed by atoms with E-state index in [9.17, 15) is 9.59 Å². The van der Waals surface area contributed by atoms with Crippen LogP contribution in [0.2, 0.25) is 4.34 Å². The molecule has 5 rings (SSSR count). The molecule has 0 bridgehead atoms. The van der Waals surface area contributed by atoms with Gasteiger partial charge in [0, 0.05) is 37.3 Å². The van der Waals surface area contributed by atoms with E-state index in [1.165, 1.54) is 16.0 Å². The lowest BCUT2D eigenvalue weighted by atomic mass is 10.0. The van der Waals surface area contributed by atoms with Gasteiger partial charge in [0.1, 0.15) is 11.4 Å². The number of thiophene rings is 1. The minimum absolute atomic E-state index is 0.00195. The van der Waals surface area contributed by atoms with E-state index in [0.29, 0.717) is 27.5 Å². The van der Waals surface area contributed by atoms with Crippen molar-refractivity contribution in [3.63, 3.8) is 0 Å². The Morgan fingerprint density at radius 2 is 2.11 bits per heavy atom. The first-order chi connectivity index (χ1) is 16.9. The summed E-state index contributed by atoms with van der Waals surface area (Å²) in [7, 11) is 0. The minimum atomic E-state index is -0.701. The van der Waals surface area contributed by atoms with E-state index in [1.54, 1.807) is 18.2 Å². The molecule has 184 valence electrons. The summed E-state index contributed by atoms with van der Waals surface area (Å²) in [6.07, 6.45) is 1.74. The fraction of sp³-hybridized carbons (Fsp3) is 0.409. The predicted molar refractivity (Wildman–Crippen MR) is 129 cm³/mol. The van der Waals surface area contributed by atoms with Crippen molar-refractivity contribution in [1.29, 1.82) is 0 Å². The molecule has 0 aromatic carbocycles. The number of hydrogen-bond acceptors (Lipinski definition) is 9. The smallest absolute Gasteiger partial charge is 0.386 e. The van der Waals surface area contributed by atoms with Crippen molar-refractivity contribution in [3.8, 4) is 22.2 Å². The van der Waals surface area contributed by atoms with Gasteiger partial charge in [-0.05, 0) is 38.8 Å². The molecule has 1 amide bonds. The van der Waals surface area contributed by atoms with Crippen LogP contribution in [0.3, 0.4) is 0 Å². The van der Waals surface area contributed by atoms with Gasteiger partial charge in [0.05, 0.1) is 15.8 Å². The predicted octanol–water partition coefficient (Wildman–Crippen LogP) is 3.25. The fourth-order valence-corrected chi connectivity index (χ4v) is 5.08. The Hall–Kier alpha value is -3.22. The number of nitrogens with one attached hydrogen (secondary N) is 2. The summed E-state index contributed by atoms with van der Waals surface area (Å²) in [4.78, 5) is 27.9. The Morgan fingerprint density at radius 3 is 2.77 bits per heavy atom. The van der Waals surface area contributed by atoms with Gasteiger partial charge in [-0.2, -0.15) is 5.10 Å². The first kappa shape index (κ1) is 23.5. The molecular weight excluding hydrogens is 494 g/mol. The molecule has 0 atom stereocenters. The van der Waals surface area contributed by atoms with Crippen LogP contribution in [0.5, 0.6) is 0 Å². The summed E-state index contributed by atoms with van der Waals surface area (Å²) >= 11 is 7.41. The second kappa shape index (κ2) is 9.80. The van der Waals surface area contributed by atoms with Crippen LogP contribution < -0.4 is 11.1 Å². The maximum absolute atomic E-state index is 13.3. The van der Waals surface area contributed by atoms with Gasteiger partial charge in [-0.3, -0.25) is 9.48 Å². The van der Waals surface area contributed by atoms with E-state index in [0.717, 1.165) is 30.8 Å². The van der Waals surface area contributed by atoms with Crippen LogP contribution in [0.15, 0.2) is 38.0 Å². The highest BCUT2D eigenvalue weighted by Gasteiger charge is 2.25. The topological polar surface area (TPSA) is 135 Å². The highest BCUT2D eigenvalue weighted by Crippen LogP contribution is 2.31. The average molecular weight is 518 g/mol. The van der Waals surface area contributed by atoms with Gasteiger partial charge < -0.3 is 19.2 Å². The van der Waals surface area contributed by atoms with E-state index in [4.69, 9.17) is 20.5 Å². The Kier molecular flexibility index (Phi) is 6.58.